The number of hydrogen-bond donors (Lipinski definition) is 24. The largest absolute Gasteiger partial charge is 0.458 e. The molecule has 9 saturated heterocycles. The van der Waals surface area contributed by atoms with Crippen molar-refractivity contribution in [2.24, 2.45) is 50.2 Å². The molecule has 14 rings (SSSR count). The molecule has 0 spiro atoms. The van der Waals surface area contributed by atoms with Crippen LogP contribution in [0.4, 0.5) is 0 Å². The molecule has 9 aliphatic heterocycles. The van der Waals surface area contributed by atoms with E-state index in [-0.39, 0.29) is 67.9 Å². The molecule has 47 nitrogen and oxygen atoms in total. The number of hydrogen-bond acceptors (Lipinski definition) is 47. The van der Waals surface area contributed by atoms with Crippen molar-refractivity contribution in [2.75, 3.05) is 33.0 Å². The topological polar surface area (TPSA) is 721 Å². The Bertz CT molecular complexity index is 4600. The van der Waals surface area contributed by atoms with Gasteiger partial charge in [-0.15, -0.1) is 13.2 Å². The first-order valence-electron chi connectivity index (χ1n) is 52.0. The van der Waals surface area contributed by atoms with Crippen LogP contribution in [-0.4, -0.2) is 461 Å². The average Bonchev–Trinajstić information content (AvgIpc) is 0.670. The molecule has 0 amide bonds. The maximum absolute atomic E-state index is 16.7. The van der Waals surface area contributed by atoms with E-state index in [1.165, 1.54) is 53.7 Å². The third-order valence-corrected chi connectivity index (χ3v) is 35.6. The molecule has 5 aliphatic carbocycles. The van der Waals surface area contributed by atoms with Gasteiger partial charge in [0.25, 0.3) is 0 Å². The van der Waals surface area contributed by atoms with E-state index in [0.717, 1.165) is 5.57 Å². The van der Waals surface area contributed by atoms with E-state index >= 15 is 9.59 Å². The van der Waals surface area contributed by atoms with E-state index in [1.807, 2.05) is 27.7 Å². The van der Waals surface area contributed by atoms with Crippen molar-refractivity contribution in [3.63, 3.8) is 0 Å². The summed E-state index contributed by atoms with van der Waals surface area (Å²) in [5.74, 6) is -3.60. The van der Waals surface area contributed by atoms with Crippen LogP contribution in [0.3, 0.4) is 0 Å². The predicted molar refractivity (Wildman–Crippen MR) is 505 cm³/mol. The maximum Gasteiger partial charge on any atom is 0.333 e. The Balaban J connectivity index is 0.703. The Labute approximate surface area is 864 Å². The first-order chi connectivity index (χ1) is 69.7. The van der Waals surface area contributed by atoms with E-state index in [0.29, 0.717) is 38.5 Å². The molecule has 852 valence electrons. The van der Waals surface area contributed by atoms with Crippen molar-refractivity contribution in [1.29, 1.82) is 0 Å². The minimum absolute atomic E-state index is 0.0486. The molecule has 0 radical (unpaired) electrons. The summed E-state index contributed by atoms with van der Waals surface area (Å²) >= 11 is 0. The first-order valence-corrected chi connectivity index (χ1v) is 52.0. The summed E-state index contributed by atoms with van der Waals surface area (Å²) in [4.78, 5) is 45.3. The van der Waals surface area contributed by atoms with Crippen LogP contribution in [0.2, 0.25) is 0 Å². The van der Waals surface area contributed by atoms with E-state index < -0.39 is 377 Å². The Morgan fingerprint density at radius 3 is 1.40 bits per heavy atom. The maximum atomic E-state index is 16.7. The second-order valence-corrected chi connectivity index (χ2v) is 46.1. The number of esters is 3. The molecule has 47 heteroatoms. The fourth-order valence-corrected chi connectivity index (χ4v) is 25.4. The number of fused-ring (bicyclic) bond motifs is 7. The minimum Gasteiger partial charge on any atom is -0.458 e. The van der Waals surface area contributed by atoms with Gasteiger partial charge in [-0.25, -0.2) is 9.59 Å². The Morgan fingerprint density at radius 2 is 0.832 bits per heavy atom. The summed E-state index contributed by atoms with van der Waals surface area (Å²) in [6.45, 7) is 31.2. The molecular weight excluding hydrogens is 1980 g/mol. The van der Waals surface area contributed by atoms with Crippen molar-refractivity contribution >= 4 is 17.9 Å². The smallest absolute Gasteiger partial charge is 0.333 e. The lowest BCUT2D eigenvalue weighted by Crippen LogP contribution is -2.68. The van der Waals surface area contributed by atoms with Gasteiger partial charge < -0.3 is 217 Å². The third kappa shape index (κ3) is 23.5. The predicted octanol–water partition coefficient (Wildman–Crippen LogP) is -4.13. The van der Waals surface area contributed by atoms with Crippen LogP contribution < -0.4 is 0 Å². The minimum atomic E-state index is -2.09. The molecule has 0 bridgehead atoms. The van der Waals surface area contributed by atoms with Crippen molar-refractivity contribution in [2.45, 2.75) is 475 Å². The number of carbonyl (C=O) groups excluding carboxylic acids is 3. The summed E-state index contributed by atoms with van der Waals surface area (Å²) < 4.78 is 122. The Kier molecular flexibility index (Phi) is 38.0. The number of aliphatic hydroxyl groups excluding tert-OH is 24. The lowest BCUT2D eigenvalue weighted by Gasteiger charge is -2.71. The van der Waals surface area contributed by atoms with E-state index in [9.17, 15) is 127 Å². The fourth-order valence-electron chi connectivity index (χ4n) is 25.4. The molecular formula is C102H162O47. The highest BCUT2D eigenvalue weighted by Crippen LogP contribution is 2.77. The molecule has 4 saturated carbocycles. The van der Waals surface area contributed by atoms with Crippen molar-refractivity contribution in [3.05, 3.63) is 60.3 Å². The Morgan fingerprint density at radius 1 is 0.409 bits per heavy atom. The molecule has 13 fully saturated rings. The van der Waals surface area contributed by atoms with Gasteiger partial charge in [-0.1, -0.05) is 84.4 Å². The van der Waals surface area contributed by atoms with E-state index in [2.05, 4.69) is 40.0 Å². The highest BCUT2D eigenvalue weighted by Gasteiger charge is 2.73. The van der Waals surface area contributed by atoms with Crippen LogP contribution in [0.5, 0.6) is 0 Å². The van der Waals surface area contributed by atoms with Gasteiger partial charge in [-0.2, -0.15) is 0 Å². The lowest BCUT2D eigenvalue weighted by atomic mass is 9.33. The quantitative estimate of drug-likeness (QED) is 0.00976. The van der Waals surface area contributed by atoms with Gasteiger partial charge in [0.15, 0.2) is 62.5 Å². The molecule has 9 heterocycles. The molecule has 24 N–H and O–H groups in total. The summed E-state index contributed by atoms with van der Waals surface area (Å²) in [6.07, 6.45) is -62.5. The molecule has 0 unspecified atom stereocenters. The molecule has 14 aliphatic rings. The van der Waals surface area contributed by atoms with Crippen molar-refractivity contribution < 1.29 is 232 Å². The number of allylic oxidation sites excluding steroid dienone is 4. The number of rotatable bonds is 33. The van der Waals surface area contributed by atoms with E-state index in [4.69, 9.17) is 94.7 Å². The highest BCUT2D eigenvalue weighted by atomic mass is 16.8. The molecule has 0 aromatic rings. The van der Waals surface area contributed by atoms with Crippen molar-refractivity contribution in [1.82, 2.24) is 0 Å². The number of aliphatic hydroxyl groups is 24. The SMILES string of the molecule is C=C[C@](C)(CC/C=C(\C)C(=O)O[C@H]1[C@H](O)[C@@H](O)[C@H](O[C@](C)(C=C)CC/C=C(\C)C(=O)O[C@H]2C[C@]3(C(=O)O[C@@H]4O[C@H](CO)[C@@H](O)[C@H](O)[C@H]4O[C@@H]4O[C@@H](C)[C@H](O[C@@H]5OC[C@@H](O)[C@H](O)[C@H]5O)[C@@H](O)[C@H]4O)CC[C@]4(C)C(=CC[C@@H]5[C@@]6(C)CC[C@H](O[C@@H]7O[C@H](CO[C@@H]8O[C@H](C)[C@H](O)[C@H](O)[C@H]8O[C@@H]8OC[C@H](O)[C@H](O)[C@H]8O)[C@@H](O)[C@H](O)[C@H]7O[C@@H]7O[C@H](CO)[C@@H](O)[C@H](O)[C@H]7O)C(C)(C)[C@@H]6CC[C@]54C)[C@@H]3CC2(C)C)O[C@@H]1C)O[C@@H]1O[C@H](C)[C@@H](O)[C@H](O)[C@H]1O. The highest BCUT2D eigenvalue weighted by molar-refractivity contribution is 5.88. The number of ether oxygens (including phenoxy) is 20. The van der Waals surface area contributed by atoms with Crippen molar-refractivity contribution in [3.8, 4) is 0 Å². The van der Waals surface area contributed by atoms with Gasteiger partial charge in [-0.05, 0) is 172 Å². The summed E-state index contributed by atoms with van der Waals surface area (Å²) in [5, 5.41) is 266. The van der Waals surface area contributed by atoms with Crippen LogP contribution in [0.15, 0.2) is 60.3 Å². The van der Waals surface area contributed by atoms with Gasteiger partial charge in [0.2, 0.25) is 6.29 Å². The van der Waals surface area contributed by atoms with Crippen LogP contribution in [0.1, 0.15) is 187 Å². The van der Waals surface area contributed by atoms with Gasteiger partial charge in [0, 0.05) is 23.0 Å². The molecule has 54 atom stereocenters. The van der Waals surface area contributed by atoms with E-state index in [1.54, 1.807) is 26.0 Å². The van der Waals surface area contributed by atoms with Gasteiger partial charge >= 0.3 is 17.9 Å². The lowest BCUT2D eigenvalue weighted by molar-refractivity contribution is -0.385. The van der Waals surface area contributed by atoms with Gasteiger partial charge in [0.05, 0.1) is 80.2 Å². The number of carbonyl (C=O) groups is 3. The fraction of sp³-hybridized carbons (Fsp3) is 0.873. The zero-order chi connectivity index (χ0) is 110. The average molecular weight is 2140 g/mol. The van der Waals surface area contributed by atoms with Crippen LogP contribution in [0, 0.1) is 50.2 Å². The molecule has 0 aromatic heterocycles. The van der Waals surface area contributed by atoms with Gasteiger partial charge in [0.1, 0.15) is 177 Å². The van der Waals surface area contributed by atoms with Crippen LogP contribution in [-0.2, 0) is 109 Å². The van der Waals surface area contributed by atoms with Crippen LogP contribution in [0.25, 0.3) is 0 Å². The second kappa shape index (κ2) is 47.2. The van der Waals surface area contributed by atoms with Crippen LogP contribution >= 0.6 is 0 Å². The first kappa shape index (κ1) is 120. The Hall–Kier alpha value is -4.53. The second-order valence-electron chi connectivity index (χ2n) is 46.1. The summed E-state index contributed by atoms with van der Waals surface area (Å²) in [7, 11) is 0. The van der Waals surface area contributed by atoms with Gasteiger partial charge in [-0.3, -0.25) is 4.79 Å². The monoisotopic (exact) mass is 2140 g/mol. The normalized spacial score (nSPS) is 49.5. The third-order valence-electron chi connectivity index (χ3n) is 35.6. The molecule has 149 heavy (non-hydrogen) atoms. The summed E-state index contributed by atoms with van der Waals surface area (Å²) in [6, 6.07) is 0. The zero-order valence-electron chi connectivity index (χ0n) is 86.9. The molecule has 0 aromatic carbocycles. The standard InChI is InChI=1S/C102H162O47/c1-18-97(13,148-89-75(124)65(114)58(107)43(5)133-89)29-21-23-42(4)84(128)142-78-45(7)136-90(77(126)71(78)120)149-98(14,19-2)28-20-22-41(3)83(127)140-57-35-102(94(129)147-93-82(68(117)63(112)52(37-104)138-93)145-87-76(125)70(119)79(46(8)135-87)143-85-72(121)60(109)49(105)38-130-85)33-32-100(16)47(48(102)34-95(57,9)10)24-25-55-99(15)30-27-56(96(11,12)54(99)26-31-101(55,100)17)141-92-81(146-88-74(123)66(115)62(111)51(36-103)137-88)69(118)64(113)53(139-92)40-132-91-80(67(116)59(108)44(6)134-91)144-86-73(122)61(110)50(106)39-131-86/h18-19,22-24,43-46,48-82,85-93,103-126H,1-2,20-21,25-40H2,3-17H3/b41-22+,42-23+/t43-,44-,45-,46+,48+,49-,50+,51-,52-,53-,54+,55-,56+,57+,58-,59+,60+,61+,62-,63-,64-,65+,66+,67+,68+,69+,70+,71-,72-,73-,74-,75-,76-,77-,78-,79+,80-,81-,82-,85+,86+,87+,88+,89+,90+,91-,92+,93+,97-,98-,99+,100-,101-,102-/m1/s1. The summed E-state index contributed by atoms with van der Waals surface area (Å²) in [5.41, 5.74) is -6.67. The zero-order valence-corrected chi connectivity index (χ0v) is 86.9.